The third kappa shape index (κ3) is 1.24. The van der Waals surface area contributed by atoms with Gasteiger partial charge in [-0.3, -0.25) is 4.79 Å². The molecule has 1 N–H and O–H groups in total. The van der Waals surface area contributed by atoms with Crippen LogP contribution in [0.4, 0.5) is 0 Å². The first kappa shape index (κ1) is 8.94. The smallest absolute Gasteiger partial charge is 0.289 e. The van der Waals surface area contributed by atoms with E-state index in [-0.39, 0.29) is 26.0 Å². The predicted molar refractivity (Wildman–Crippen MR) is 51.9 cm³/mol. The van der Waals surface area contributed by atoms with Crippen molar-refractivity contribution in [1.82, 2.24) is 5.16 Å². The summed E-state index contributed by atoms with van der Waals surface area (Å²) in [4.78, 5) is 11.2. The van der Waals surface area contributed by atoms with Crippen LogP contribution in [0.3, 0.4) is 0 Å². The summed E-state index contributed by atoms with van der Waals surface area (Å²) >= 11 is 17.2. The Balaban J connectivity index is 3.09. The fourth-order valence-corrected chi connectivity index (χ4v) is 1.76. The number of halogens is 3. The Hall–Kier alpha value is -0.640. The van der Waals surface area contributed by atoms with Crippen LogP contribution in [-0.4, -0.2) is 5.16 Å². The number of benzene rings is 1. The van der Waals surface area contributed by atoms with Gasteiger partial charge in [-0.25, -0.2) is 0 Å². The van der Waals surface area contributed by atoms with Crippen molar-refractivity contribution in [3.05, 3.63) is 31.5 Å². The van der Waals surface area contributed by atoms with Gasteiger partial charge in [0.05, 0.1) is 15.1 Å². The molecular formula is C7H2Cl3NO2. The van der Waals surface area contributed by atoms with Gasteiger partial charge in [0.25, 0.3) is 5.56 Å². The molecule has 0 saturated carbocycles. The number of H-pyrrole nitrogens is 1. The van der Waals surface area contributed by atoms with Crippen molar-refractivity contribution in [3.63, 3.8) is 0 Å². The average Bonchev–Trinajstić information content (AvgIpc) is 2.44. The molecule has 13 heavy (non-hydrogen) atoms. The Labute approximate surface area is 87.1 Å². The lowest BCUT2D eigenvalue weighted by Gasteiger charge is -1.96. The molecule has 2 rings (SSSR count). The molecule has 0 fully saturated rings. The summed E-state index contributed by atoms with van der Waals surface area (Å²) in [7, 11) is 0. The first-order valence-corrected chi connectivity index (χ1v) is 4.39. The van der Waals surface area contributed by atoms with Crippen LogP contribution in [0.25, 0.3) is 11.0 Å². The lowest BCUT2D eigenvalue weighted by atomic mass is 10.2. The van der Waals surface area contributed by atoms with E-state index in [1.54, 1.807) is 0 Å². The summed E-state index contributed by atoms with van der Waals surface area (Å²) in [6.07, 6.45) is 0. The number of hydrogen-bond acceptors (Lipinski definition) is 2. The second kappa shape index (κ2) is 2.94. The minimum atomic E-state index is -0.440. The van der Waals surface area contributed by atoms with Gasteiger partial charge in [-0.1, -0.05) is 34.8 Å². The standard InChI is InChI=1S/C7H2Cl3NO2/c8-2-1-3(9)6-4(5(2)10)7(12)11-13-6/h1H,(H,11,12). The van der Waals surface area contributed by atoms with Crippen LogP contribution in [0.5, 0.6) is 0 Å². The zero-order valence-corrected chi connectivity index (χ0v) is 8.30. The van der Waals surface area contributed by atoms with Crippen molar-refractivity contribution in [2.45, 2.75) is 0 Å². The van der Waals surface area contributed by atoms with E-state index < -0.39 is 5.56 Å². The van der Waals surface area contributed by atoms with E-state index in [0.717, 1.165) is 0 Å². The normalized spacial score (nSPS) is 11.0. The highest BCUT2D eigenvalue weighted by molar-refractivity contribution is 6.47. The van der Waals surface area contributed by atoms with Crippen LogP contribution in [0.1, 0.15) is 0 Å². The lowest BCUT2D eigenvalue weighted by molar-refractivity contribution is 0.449. The van der Waals surface area contributed by atoms with Gasteiger partial charge in [-0.2, -0.15) is 5.16 Å². The molecule has 1 aromatic heterocycles. The number of hydrogen-bond donors (Lipinski definition) is 1. The van der Waals surface area contributed by atoms with Gasteiger partial charge in [0.1, 0.15) is 5.39 Å². The highest BCUT2D eigenvalue weighted by Crippen LogP contribution is 2.33. The average molecular weight is 238 g/mol. The number of fused-ring (bicyclic) bond motifs is 1. The minimum absolute atomic E-state index is 0.149. The molecule has 0 radical (unpaired) electrons. The van der Waals surface area contributed by atoms with Crippen LogP contribution in [0, 0.1) is 0 Å². The zero-order valence-electron chi connectivity index (χ0n) is 6.03. The fraction of sp³-hybridized carbons (Fsp3) is 0. The van der Waals surface area contributed by atoms with Crippen molar-refractivity contribution in [1.29, 1.82) is 0 Å². The van der Waals surface area contributed by atoms with E-state index in [0.29, 0.717) is 0 Å². The second-order valence-electron chi connectivity index (χ2n) is 2.39. The van der Waals surface area contributed by atoms with Crippen LogP contribution in [-0.2, 0) is 0 Å². The van der Waals surface area contributed by atoms with Gasteiger partial charge in [-0.05, 0) is 6.07 Å². The quantitative estimate of drug-likeness (QED) is 0.717. The molecule has 2 aromatic rings. The molecule has 68 valence electrons. The van der Waals surface area contributed by atoms with Gasteiger partial charge in [0, 0.05) is 0 Å². The number of aromatic nitrogens is 1. The maximum atomic E-state index is 11.2. The van der Waals surface area contributed by atoms with E-state index in [1.807, 2.05) is 0 Å². The number of nitrogens with one attached hydrogen (secondary N) is 1. The second-order valence-corrected chi connectivity index (χ2v) is 3.58. The Morgan fingerprint density at radius 1 is 1.23 bits per heavy atom. The van der Waals surface area contributed by atoms with Gasteiger partial charge in [-0.15, -0.1) is 0 Å². The molecule has 0 aliphatic rings. The molecule has 6 heteroatoms. The fourth-order valence-electron chi connectivity index (χ4n) is 1.03. The molecule has 1 aromatic carbocycles. The number of rotatable bonds is 0. The summed E-state index contributed by atoms with van der Waals surface area (Å²) < 4.78 is 4.80. The van der Waals surface area contributed by atoms with E-state index in [2.05, 4.69) is 5.16 Å². The van der Waals surface area contributed by atoms with Gasteiger partial charge in [0.2, 0.25) is 0 Å². The molecule has 0 saturated heterocycles. The molecule has 0 spiro atoms. The summed E-state index contributed by atoms with van der Waals surface area (Å²) in [5, 5.41) is 2.94. The number of aromatic amines is 1. The van der Waals surface area contributed by atoms with Crippen molar-refractivity contribution in [2.75, 3.05) is 0 Å². The molecule has 0 amide bonds. The largest absolute Gasteiger partial charge is 0.377 e. The highest BCUT2D eigenvalue weighted by atomic mass is 35.5. The first-order chi connectivity index (χ1) is 6.11. The highest BCUT2D eigenvalue weighted by Gasteiger charge is 2.14. The molecule has 0 aliphatic carbocycles. The zero-order chi connectivity index (χ0) is 9.59. The van der Waals surface area contributed by atoms with Crippen molar-refractivity contribution >= 4 is 45.8 Å². The summed E-state index contributed by atoms with van der Waals surface area (Å²) in [5.74, 6) is 0. The molecule has 3 nitrogen and oxygen atoms in total. The van der Waals surface area contributed by atoms with E-state index in [9.17, 15) is 4.79 Å². The van der Waals surface area contributed by atoms with Crippen LogP contribution >= 0.6 is 34.8 Å². The lowest BCUT2D eigenvalue weighted by Crippen LogP contribution is -1.97. The van der Waals surface area contributed by atoms with Gasteiger partial charge in [0.15, 0.2) is 5.58 Å². The van der Waals surface area contributed by atoms with E-state index >= 15 is 0 Å². The Morgan fingerprint density at radius 3 is 2.62 bits per heavy atom. The Morgan fingerprint density at radius 2 is 1.92 bits per heavy atom. The Bertz CT molecular complexity index is 528. The van der Waals surface area contributed by atoms with Crippen molar-refractivity contribution < 1.29 is 4.52 Å². The minimum Gasteiger partial charge on any atom is -0.377 e. The molecule has 0 aliphatic heterocycles. The van der Waals surface area contributed by atoms with Gasteiger partial charge >= 0.3 is 0 Å². The van der Waals surface area contributed by atoms with Crippen molar-refractivity contribution in [2.24, 2.45) is 0 Å². The molecule has 0 unspecified atom stereocenters. The molecule has 1 heterocycles. The molecule has 0 bridgehead atoms. The summed E-state index contributed by atoms with van der Waals surface area (Å²) in [5.41, 5.74) is -0.217. The van der Waals surface area contributed by atoms with E-state index in [1.165, 1.54) is 6.07 Å². The third-order valence-electron chi connectivity index (χ3n) is 1.60. The monoisotopic (exact) mass is 237 g/mol. The Kier molecular flexibility index (Phi) is 2.02. The van der Waals surface area contributed by atoms with Crippen LogP contribution in [0.15, 0.2) is 15.4 Å². The summed E-state index contributed by atoms with van der Waals surface area (Å²) in [6.45, 7) is 0. The molecular weight excluding hydrogens is 236 g/mol. The van der Waals surface area contributed by atoms with Crippen LogP contribution in [0.2, 0.25) is 15.1 Å². The third-order valence-corrected chi connectivity index (χ3v) is 2.67. The molecule has 0 atom stereocenters. The van der Waals surface area contributed by atoms with E-state index in [4.69, 9.17) is 39.3 Å². The maximum Gasteiger partial charge on any atom is 0.289 e. The first-order valence-electron chi connectivity index (χ1n) is 3.26. The predicted octanol–water partition coefficient (Wildman–Crippen LogP) is 3.08. The van der Waals surface area contributed by atoms with Crippen LogP contribution < -0.4 is 5.56 Å². The topological polar surface area (TPSA) is 46.0 Å². The maximum absolute atomic E-state index is 11.2. The SMILES string of the molecule is O=c1[nH]oc2c(Cl)cc(Cl)c(Cl)c12. The van der Waals surface area contributed by atoms with Crippen molar-refractivity contribution in [3.8, 4) is 0 Å². The summed E-state index contributed by atoms with van der Waals surface area (Å²) in [6, 6.07) is 1.42. The van der Waals surface area contributed by atoms with Gasteiger partial charge < -0.3 is 4.52 Å².